The quantitative estimate of drug-likeness (QED) is 0.889. The average Bonchev–Trinajstić information content (AvgIpc) is 2.46. The molecule has 0 spiro atoms. The molecule has 0 aliphatic carbocycles. The van der Waals surface area contributed by atoms with E-state index in [1.54, 1.807) is 0 Å². The molecule has 4 heteroatoms. The molecule has 3 nitrogen and oxygen atoms in total. The fraction of sp³-hybridized carbons (Fsp3) is 0.300. The summed E-state index contributed by atoms with van der Waals surface area (Å²) in [6, 6.07) is 4.12. The molecule has 0 aliphatic rings. The second-order valence-corrected chi connectivity index (χ2v) is 4.00. The zero-order chi connectivity index (χ0) is 10.1. The van der Waals surface area contributed by atoms with Crippen molar-refractivity contribution >= 4 is 21.6 Å². The average molecular weight is 254 g/mol. The summed E-state index contributed by atoms with van der Waals surface area (Å²) < 4.78 is 3.09. The number of pyridine rings is 1. The molecule has 0 saturated heterocycles. The Morgan fingerprint density at radius 3 is 3.07 bits per heavy atom. The van der Waals surface area contributed by atoms with Crippen LogP contribution in [0, 0.1) is 6.92 Å². The number of aromatic nitrogens is 2. The predicted octanol–water partition coefficient (Wildman–Crippen LogP) is 2.12. The lowest BCUT2D eigenvalue weighted by atomic mass is 10.2. The maximum atomic E-state index is 4.51. The van der Waals surface area contributed by atoms with Crippen molar-refractivity contribution in [3.05, 3.63) is 34.2 Å². The number of halogens is 1. The Bertz CT molecular complexity index is 462. The van der Waals surface area contributed by atoms with Gasteiger partial charge in [-0.1, -0.05) is 6.07 Å². The van der Waals surface area contributed by atoms with Gasteiger partial charge in [0.1, 0.15) is 10.3 Å². The lowest BCUT2D eigenvalue weighted by Crippen LogP contribution is -2.06. The Balaban J connectivity index is 2.68. The largest absolute Gasteiger partial charge is 0.316 e. The molecule has 0 unspecified atom stereocenters. The van der Waals surface area contributed by atoms with Gasteiger partial charge in [0, 0.05) is 18.3 Å². The number of nitrogens with zero attached hydrogens (tertiary/aromatic N) is 2. The van der Waals surface area contributed by atoms with E-state index in [-0.39, 0.29) is 0 Å². The second-order valence-electron chi connectivity index (χ2n) is 3.25. The molecule has 2 rings (SSSR count). The molecule has 2 aromatic heterocycles. The number of imidazole rings is 1. The molecule has 0 radical (unpaired) electrons. The second kappa shape index (κ2) is 3.71. The molecule has 2 aromatic rings. The molecule has 0 atom stereocenters. The summed E-state index contributed by atoms with van der Waals surface area (Å²) in [6.45, 7) is 2.84. The highest BCUT2D eigenvalue weighted by molar-refractivity contribution is 9.10. The third-order valence-electron chi connectivity index (χ3n) is 2.20. The third kappa shape index (κ3) is 1.44. The standard InChI is InChI=1S/C10H12BrN3/c1-7-9(11)14-5-3-4-8(6-12-2)10(14)13-7/h3-5,12H,6H2,1-2H3. The van der Waals surface area contributed by atoms with E-state index in [2.05, 4.69) is 36.7 Å². The molecule has 0 saturated carbocycles. The van der Waals surface area contributed by atoms with Gasteiger partial charge >= 0.3 is 0 Å². The Kier molecular flexibility index (Phi) is 2.56. The van der Waals surface area contributed by atoms with Gasteiger partial charge < -0.3 is 5.32 Å². The summed E-state index contributed by atoms with van der Waals surface area (Å²) in [6.07, 6.45) is 2.01. The van der Waals surface area contributed by atoms with E-state index in [9.17, 15) is 0 Å². The molecule has 0 bridgehead atoms. The van der Waals surface area contributed by atoms with E-state index >= 15 is 0 Å². The molecular weight excluding hydrogens is 242 g/mol. The van der Waals surface area contributed by atoms with Crippen molar-refractivity contribution in [1.29, 1.82) is 0 Å². The highest BCUT2D eigenvalue weighted by atomic mass is 79.9. The Labute approximate surface area is 91.3 Å². The Morgan fingerprint density at radius 2 is 2.36 bits per heavy atom. The molecule has 1 N–H and O–H groups in total. The van der Waals surface area contributed by atoms with E-state index in [1.165, 1.54) is 5.56 Å². The minimum absolute atomic E-state index is 0.841. The SMILES string of the molecule is CNCc1cccn2c(Br)c(C)nc12. The fourth-order valence-corrected chi connectivity index (χ4v) is 1.91. The van der Waals surface area contributed by atoms with Gasteiger partial charge in [-0.3, -0.25) is 4.40 Å². The third-order valence-corrected chi connectivity index (χ3v) is 3.15. The van der Waals surface area contributed by atoms with Crippen molar-refractivity contribution < 1.29 is 0 Å². The van der Waals surface area contributed by atoms with E-state index in [1.807, 2.05) is 26.2 Å². The van der Waals surface area contributed by atoms with Crippen LogP contribution >= 0.6 is 15.9 Å². The van der Waals surface area contributed by atoms with Crippen LogP contribution in [0.1, 0.15) is 11.3 Å². The topological polar surface area (TPSA) is 29.3 Å². The first-order valence-electron chi connectivity index (χ1n) is 4.50. The highest BCUT2D eigenvalue weighted by Crippen LogP contribution is 2.20. The van der Waals surface area contributed by atoms with Crippen LogP contribution in [-0.4, -0.2) is 16.4 Å². The van der Waals surface area contributed by atoms with Gasteiger partial charge in [0.05, 0.1) is 5.69 Å². The van der Waals surface area contributed by atoms with Gasteiger partial charge in [0.25, 0.3) is 0 Å². The molecular formula is C10H12BrN3. The van der Waals surface area contributed by atoms with Crippen LogP contribution in [0.25, 0.3) is 5.65 Å². The number of nitrogens with one attached hydrogen (secondary N) is 1. The minimum atomic E-state index is 0.841. The van der Waals surface area contributed by atoms with Crippen LogP contribution in [0.3, 0.4) is 0 Å². The first-order valence-corrected chi connectivity index (χ1v) is 5.30. The van der Waals surface area contributed by atoms with E-state index in [0.29, 0.717) is 0 Å². The molecule has 2 heterocycles. The zero-order valence-electron chi connectivity index (χ0n) is 8.21. The van der Waals surface area contributed by atoms with Crippen LogP contribution in [0.2, 0.25) is 0 Å². The molecule has 74 valence electrons. The number of fused-ring (bicyclic) bond motifs is 1. The number of rotatable bonds is 2. The maximum absolute atomic E-state index is 4.51. The number of aryl methyl sites for hydroxylation is 1. The van der Waals surface area contributed by atoms with Crippen LogP contribution in [0.4, 0.5) is 0 Å². The zero-order valence-corrected chi connectivity index (χ0v) is 9.80. The van der Waals surface area contributed by atoms with Crippen molar-refractivity contribution in [1.82, 2.24) is 14.7 Å². The van der Waals surface area contributed by atoms with Crippen molar-refractivity contribution in [3.8, 4) is 0 Å². The van der Waals surface area contributed by atoms with Crippen molar-refractivity contribution in [2.75, 3.05) is 7.05 Å². The smallest absolute Gasteiger partial charge is 0.142 e. The first kappa shape index (κ1) is 9.68. The lowest BCUT2D eigenvalue weighted by Gasteiger charge is -2.02. The van der Waals surface area contributed by atoms with Gasteiger partial charge in [-0.25, -0.2) is 4.98 Å². The van der Waals surface area contributed by atoms with Crippen LogP contribution < -0.4 is 5.32 Å². The summed E-state index contributed by atoms with van der Waals surface area (Å²) in [5.41, 5.74) is 3.25. The fourth-order valence-electron chi connectivity index (χ4n) is 1.54. The molecule has 0 amide bonds. The summed E-state index contributed by atoms with van der Waals surface area (Å²) in [5.74, 6) is 0. The Hall–Kier alpha value is -0.870. The summed E-state index contributed by atoms with van der Waals surface area (Å²) in [5, 5.41) is 3.14. The van der Waals surface area contributed by atoms with Gasteiger partial charge in [0.15, 0.2) is 0 Å². The van der Waals surface area contributed by atoms with Gasteiger partial charge in [-0.2, -0.15) is 0 Å². The van der Waals surface area contributed by atoms with Crippen LogP contribution in [0.5, 0.6) is 0 Å². The summed E-state index contributed by atoms with van der Waals surface area (Å²) in [4.78, 5) is 4.51. The Morgan fingerprint density at radius 1 is 1.57 bits per heavy atom. The van der Waals surface area contributed by atoms with Crippen molar-refractivity contribution in [2.45, 2.75) is 13.5 Å². The molecule has 0 fully saturated rings. The molecule has 14 heavy (non-hydrogen) atoms. The van der Waals surface area contributed by atoms with Crippen LogP contribution in [0.15, 0.2) is 22.9 Å². The van der Waals surface area contributed by atoms with E-state index in [0.717, 1.165) is 22.5 Å². The highest BCUT2D eigenvalue weighted by Gasteiger charge is 2.07. The van der Waals surface area contributed by atoms with Crippen molar-refractivity contribution in [2.24, 2.45) is 0 Å². The summed E-state index contributed by atoms with van der Waals surface area (Å²) in [7, 11) is 1.94. The summed E-state index contributed by atoms with van der Waals surface area (Å²) >= 11 is 3.52. The van der Waals surface area contributed by atoms with Gasteiger partial charge in [0.2, 0.25) is 0 Å². The number of hydrogen-bond acceptors (Lipinski definition) is 2. The maximum Gasteiger partial charge on any atom is 0.142 e. The normalized spacial score (nSPS) is 11.1. The van der Waals surface area contributed by atoms with Crippen LogP contribution in [-0.2, 0) is 6.54 Å². The molecule has 0 aliphatic heterocycles. The molecule has 0 aromatic carbocycles. The monoisotopic (exact) mass is 253 g/mol. The lowest BCUT2D eigenvalue weighted by molar-refractivity contribution is 0.816. The number of hydrogen-bond donors (Lipinski definition) is 1. The first-order chi connectivity index (χ1) is 6.74. The van der Waals surface area contributed by atoms with Crippen molar-refractivity contribution in [3.63, 3.8) is 0 Å². The minimum Gasteiger partial charge on any atom is -0.316 e. The van der Waals surface area contributed by atoms with Gasteiger partial charge in [-0.05, 0) is 36.0 Å². The van der Waals surface area contributed by atoms with Gasteiger partial charge in [-0.15, -0.1) is 0 Å². The van der Waals surface area contributed by atoms with E-state index in [4.69, 9.17) is 0 Å². The van der Waals surface area contributed by atoms with E-state index < -0.39 is 0 Å². The predicted molar refractivity (Wildman–Crippen MR) is 60.4 cm³/mol.